The Balaban J connectivity index is 1.60. The molecule has 3 aliphatic rings. The highest BCUT2D eigenvalue weighted by Crippen LogP contribution is 2.32. The Hall–Kier alpha value is -2.41. The number of nitrogens with one attached hydrogen (secondary N) is 3. The van der Waals surface area contributed by atoms with E-state index >= 15 is 0 Å². The minimum Gasteiger partial charge on any atom is -0.384 e. The van der Waals surface area contributed by atoms with Crippen molar-refractivity contribution in [2.45, 2.75) is 58.5 Å². The average molecular weight is 430 g/mol. The van der Waals surface area contributed by atoms with Crippen LogP contribution in [-0.4, -0.2) is 54.9 Å². The van der Waals surface area contributed by atoms with Crippen LogP contribution in [0.3, 0.4) is 0 Å². The molecule has 0 aromatic rings. The third-order valence-electron chi connectivity index (χ3n) is 6.18. The number of aliphatic imine (C=N–C) groups is 1. The Bertz CT molecular complexity index is 792. The Labute approximate surface area is 185 Å². The summed E-state index contributed by atoms with van der Waals surface area (Å²) in [6, 6.07) is 0.129. The summed E-state index contributed by atoms with van der Waals surface area (Å²) in [6.07, 6.45) is 12.4. The van der Waals surface area contributed by atoms with Gasteiger partial charge >= 0.3 is 0 Å². The second-order valence-corrected chi connectivity index (χ2v) is 8.59. The summed E-state index contributed by atoms with van der Waals surface area (Å²) in [6.45, 7) is 9.71. The molecule has 0 aromatic carbocycles. The zero-order valence-corrected chi connectivity index (χ0v) is 19.0. The Kier molecular flexibility index (Phi) is 8.46. The van der Waals surface area contributed by atoms with Crippen molar-refractivity contribution < 1.29 is 9.18 Å². The highest BCUT2D eigenvalue weighted by Gasteiger charge is 2.30. The Morgan fingerprint density at radius 1 is 1.39 bits per heavy atom. The SMILES string of the molecule is CCCCC(CC1=CNC2C=CC(F)=CC12)NC(=O)/C(C)=C/N=C(\C)N1CCNCC1. The van der Waals surface area contributed by atoms with E-state index in [0.29, 0.717) is 12.0 Å². The van der Waals surface area contributed by atoms with E-state index in [4.69, 9.17) is 0 Å². The fourth-order valence-electron chi connectivity index (χ4n) is 4.22. The molecule has 3 N–H and O–H groups in total. The molecular weight excluding hydrogens is 393 g/mol. The lowest BCUT2D eigenvalue weighted by Crippen LogP contribution is -2.45. The molecule has 3 unspecified atom stereocenters. The molecule has 0 radical (unpaired) electrons. The maximum Gasteiger partial charge on any atom is 0.248 e. The van der Waals surface area contributed by atoms with Gasteiger partial charge in [-0.15, -0.1) is 0 Å². The van der Waals surface area contributed by atoms with Gasteiger partial charge in [0, 0.05) is 49.9 Å². The number of carbonyl (C=O) groups is 1. The van der Waals surface area contributed by atoms with Gasteiger partial charge in [0.15, 0.2) is 0 Å². The first-order valence-corrected chi connectivity index (χ1v) is 11.5. The van der Waals surface area contributed by atoms with Crippen molar-refractivity contribution in [3.63, 3.8) is 0 Å². The molecular formula is C24H36FN5O. The van der Waals surface area contributed by atoms with E-state index in [2.05, 4.69) is 32.8 Å². The van der Waals surface area contributed by atoms with Gasteiger partial charge in [-0.25, -0.2) is 9.38 Å². The number of hydrogen-bond donors (Lipinski definition) is 3. The molecule has 6 nitrogen and oxygen atoms in total. The largest absolute Gasteiger partial charge is 0.384 e. The number of amidine groups is 1. The van der Waals surface area contributed by atoms with E-state index in [1.165, 1.54) is 6.08 Å². The number of fused-ring (bicyclic) bond motifs is 1. The molecule has 31 heavy (non-hydrogen) atoms. The van der Waals surface area contributed by atoms with Gasteiger partial charge in [0.25, 0.3) is 0 Å². The van der Waals surface area contributed by atoms with Crippen LogP contribution >= 0.6 is 0 Å². The third-order valence-corrected chi connectivity index (χ3v) is 6.18. The predicted molar refractivity (Wildman–Crippen MR) is 124 cm³/mol. The zero-order chi connectivity index (χ0) is 22.2. The first-order chi connectivity index (χ1) is 15.0. The smallest absolute Gasteiger partial charge is 0.248 e. The molecule has 0 aromatic heterocycles. The van der Waals surface area contributed by atoms with Crippen LogP contribution in [0.2, 0.25) is 0 Å². The fourth-order valence-corrected chi connectivity index (χ4v) is 4.22. The Morgan fingerprint density at radius 2 is 2.16 bits per heavy atom. The quantitative estimate of drug-likeness (QED) is 0.315. The maximum atomic E-state index is 13.8. The summed E-state index contributed by atoms with van der Waals surface area (Å²) in [5.74, 6) is 0.672. The lowest BCUT2D eigenvalue weighted by Gasteiger charge is -2.28. The minimum absolute atomic E-state index is 0.0169. The van der Waals surface area contributed by atoms with Gasteiger partial charge in [-0.1, -0.05) is 25.8 Å². The molecule has 0 spiro atoms. The monoisotopic (exact) mass is 429 g/mol. The number of carbonyl (C=O) groups excluding carboxylic acids is 1. The molecule has 1 saturated heterocycles. The van der Waals surface area contributed by atoms with Crippen LogP contribution in [0.1, 0.15) is 46.5 Å². The van der Waals surface area contributed by atoms with E-state index in [9.17, 15) is 9.18 Å². The molecule has 3 rings (SSSR count). The number of piperazine rings is 1. The van der Waals surface area contributed by atoms with E-state index in [0.717, 1.165) is 56.9 Å². The molecule has 2 aliphatic heterocycles. The van der Waals surface area contributed by atoms with Gasteiger partial charge in [0.2, 0.25) is 5.91 Å². The van der Waals surface area contributed by atoms with Crippen molar-refractivity contribution in [1.29, 1.82) is 0 Å². The predicted octanol–water partition coefficient (Wildman–Crippen LogP) is 3.17. The van der Waals surface area contributed by atoms with E-state index < -0.39 is 0 Å². The van der Waals surface area contributed by atoms with Gasteiger partial charge in [-0.2, -0.15) is 0 Å². The van der Waals surface area contributed by atoms with Gasteiger partial charge in [-0.3, -0.25) is 4.79 Å². The zero-order valence-electron chi connectivity index (χ0n) is 19.0. The first-order valence-electron chi connectivity index (χ1n) is 11.5. The molecule has 7 heteroatoms. The summed E-state index contributed by atoms with van der Waals surface area (Å²) >= 11 is 0. The number of halogens is 1. The standard InChI is InChI=1S/C24H36FN5O/c1-4-5-6-21(13-19-16-28-23-8-7-20(25)14-22(19)23)29-24(31)17(2)15-27-18(3)30-11-9-26-10-12-30/h7-8,14-16,21-23,26,28H,4-6,9-13H2,1-3H3,(H,29,31)/b17-15+,27-18+. The number of amides is 1. The van der Waals surface area contributed by atoms with Crippen molar-refractivity contribution in [3.8, 4) is 0 Å². The lowest BCUT2D eigenvalue weighted by molar-refractivity contribution is -0.118. The topological polar surface area (TPSA) is 68.8 Å². The van der Waals surface area contributed by atoms with Crippen LogP contribution in [0, 0.1) is 5.92 Å². The lowest BCUT2D eigenvalue weighted by atomic mass is 9.87. The molecule has 0 bridgehead atoms. The normalized spacial score (nSPS) is 24.8. The molecule has 3 atom stereocenters. The van der Waals surface area contributed by atoms with Gasteiger partial charge < -0.3 is 20.9 Å². The van der Waals surface area contributed by atoms with Crippen molar-refractivity contribution >= 4 is 11.7 Å². The molecule has 1 aliphatic carbocycles. The van der Waals surface area contributed by atoms with Crippen LogP contribution in [-0.2, 0) is 4.79 Å². The minimum atomic E-state index is -0.193. The molecule has 2 heterocycles. The van der Waals surface area contributed by atoms with Gasteiger partial charge in [0.1, 0.15) is 11.7 Å². The fraction of sp³-hybridized carbons (Fsp3) is 0.583. The number of allylic oxidation sites excluding steroid dienone is 2. The van der Waals surface area contributed by atoms with Crippen LogP contribution in [0.4, 0.5) is 4.39 Å². The van der Waals surface area contributed by atoms with Gasteiger partial charge in [-0.05, 0) is 50.6 Å². The van der Waals surface area contributed by atoms with Crippen LogP contribution in [0.25, 0.3) is 0 Å². The summed E-state index contributed by atoms with van der Waals surface area (Å²) < 4.78 is 13.8. The van der Waals surface area contributed by atoms with E-state index in [-0.39, 0.29) is 29.7 Å². The maximum absolute atomic E-state index is 13.8. The molecule has 170 valence electrons. The van der Waals surface area contributed by atoms with Gasteiger partial charge in [0.05, 0.1) is 6.04 Å². The summed E-state index contributed by atoms with van der Waals surface area (Å²) in [4.78, 5) is 19.6. The van der Waals surface area contributed by atoms with Crippen LogP contribution < -0.4 is 16.0 Å². The van der Waals surface area contributed by atoms with Crippen molar-refractivity contribution in [2.75, 3.05) is 26.2 Å². The molecule has 1 fully saturated rings. The second-order valence-electron chi connectivity index (χ2n) is 8.59. The van der Waals surface area contributed by atoms with E-state index in [1.54, 1.807) is 19.2 Å². The third kappa shape index (κ3) is 6.53. The van der Waals surface area contributed by atoms with Crippen molar-refractivity contribution in [2.24, 2.45) is 10.9 Å². The van der Waals surface area contributed by atoms with Crippen LogP contribution in [0.5, 0.6) is 0 Å². The summed E-state index contributed by atoms with van der Waals surface area (Å²) in [7, 11) is 0. The average Bonchev–Trinajstić information content (AvgIpc) is 3.17. The second kappa shape index (κ2) is 11.3. The van der Waals surface area contributed by atoms with Crippen molar-refractivity contribution in [1.82, 2.24) is 20.9 Å². The highest BCUT2D eigenvalue weighted by atomic mass is 19.1. The first kappa shape index (κ1) is 23.3. The molecule has 0 saturated carbocycles. The van der Waals surface area contributed by atoms with E-state index in [1.807, 2.05) is 19.2 Å². The van der Waals surface area contributed by atoms with Crippen molar-refractivity contribution in [3.05, 3.63) is 47.6 Å². The molecule has 1 amide bonds. The number of unbranched alkanes of at least 4 members (excludes halogenated alkanes) is 1. The number of nitrogens with zero attached hydrogens (tertiary/aromatic N) is 2. The Morgan fingerprint density at radius 3 is 2.90 bits per heavy atom. The summed E-state index contributed by atoms with van der Waals surface area (Å²) in [5, 5.41) is 9.83. The van der Waals surface area contributed by atoms with Crippen LogP contribution in [0.15, 0.2) is 52.6 Å². The highest BCUT2D eigenvalue weighted by molar-refractivity contribution is 5.93. The number of hydrogen-bond acceptors (Lipinski definition) is 4. The number of rotatable bonds is 8. The summed E-state index contributed by atoms with van der Waals surface area (Å²) in [5.41, 5.74) is 1.74.